The molecule has 3 atom stereocenters. The Morgan fingerprint density at radius 1 is 1.06 bits per heavy atom. The van der Waals surface area contributed by atoms with Crippen LogP contribution in [0.1, 0.15) is 29.3 Å². The molecule has 31 heavy (non-hydrogen) atoms. The van der Waals surface area contributed by atoms with E-state index >= 15 is 0 Å². The highest BCUT2D eigenvalue weighted by atomic mass is 32.2. The minimum atomic E-state index is -0.598. The van der Waals surface area contributed by atoms with Gasteiger partial charge in [-0.15, -0.1) is 11.8 Å². The Morgan fingerprint density at radius 2 is 1.77 bits per heavy atom. The second-order valence-corrected chi connectivity index (χ2v) is 8.86. The first kappa shape index (κ1) is 20.9. The number of anilines is 2. The molecular weight excluding hydrogens is 412 g/mol. The standard InChI is InChI=1S/C23H22N4O3S/c1-14-9-19(14)21(28)26-18-4-2-3-16(10-18)23(30)27-13-31-12-20(27)22(29)25-17-7-5-15(11-24)6-8-17/h2-8,10,14,19-20H,9,12-13H2,1H3,(H,25,29)(H,26,28). The number of hydrogen-bond acceptors (Lipinski definition) is 5. The first-order chi connectivity index (χ1) is 15.0. The fraction of sp³-hybridized carbons (Fsp3) is 0.304. The molecule has 1 saturated heterocycles. The van der Waals surface area contributed by atoms with Crippen molar-refractivity contribution in [1.29, 1.82) is 5.26 Å². The van der Waals surface area contributed by atoms with Crippen LogP contribution in [0.3, 0.4) is 0 Å². The van der Waals surface area contributed by atoms with Gasteiger partial charge in [0.05, 0.1) is 17.5 Å². The molecule has 1 heterocycles. The fourth-order valence-corrected chi connectivity index (χ4v) is 4.69. The van der Waals surface area contributed by atoms with Gasteiger partial charge in [-0.25, -0.2) is 0 Å². The van der Waals surface area contributed by atoms with E-state index in [1.807, 2.05) is 13.0 Å². The van der Waals surface area contributed by atoms with Crippen LogP contribution in [0.2, 0.25) is 0 Å². The summed E-state index contributed by atoms with van der Waals surface area (Å²) < 4.78 is 0. The number of amides is 3. The molecule has 1 aliphatic heterocycles. The van der Waals surface area contributed by atoms with Crippen LogP contribution >= 0.6 is 11.8 Å². The summed E-state index contributed by atoms with van der Waals surface area (Å²) in [6.07, 6.45) is 0.894. The van der Waals surface area contributed by atoms with Crippen molar-refractivity contribution < 1.29 is 14.4 Å². The van der Waals surface area contributed by atoms with Crippen LogP contribution in [0, 0.1) is 23.2 Å². The van der Waals surface area contributed by atoms with Gasteiger partial charge in [-0.05, 0) is 54.8 Å². The predicted molar refractivity (Wildman–Crippen MR) is 119 cm³/mol. The molecule has 2 aliphatic rings. The van der Waals surface area contributed by atoms with Gasteiger partial charge in [-0.3, -0.25) is 14.4 Å². The topological polar surface area (TPSA) is 102 Å². The van der Waals surface area contributed by atoms with Crippen molar-refractivity contribution in [3.63, 3.8) is 0 Å². The van der Waals surface area contributed by atoms with Crippen LogP contribution in [0.4, 0.5) is 11.4 Å². The number of nitrogens with one attached hydrogen (secondary N) is 2. The van der Waals surface area contributed by atoms with Gasteiger partial charge in [0.15, 0.2) is 0 Å². The van der Waals surface area contributed by atoms with Gasteiger partial charge in [0.2, 0.25) is 11.8 Å². The van der Waals surface area contributed by atoms with E-state index in [4.69, 9.17) is 5.26 Å². The number of benzene rings is 2. The SMILES string of the molecule is CC1CC1C(=O)Nc1cccc(C(=O)N2CSCC2C(=O)Nc2ccc(C#N)cc2)c1. The summed E-state index contributed by atoms with van der Waals surface area (Å²) in [7, 11) is 0. The lowest BCUT2D eigenvalue weighted by molar-refractivity contribution is -0.119. The van der Waals surface area contributed by atoms with Gasteiger partial charge in [0.1, 0.15) is 6.04 Å². The van der Waals surface area contributed by atoms with Crippen LogP contribution in [0.15, 0.2) is 48.5 Å². The van der Waals surface area contributed by atoms with E-state index in [0.717, 1.165) is 6.42 Å². The molecular formula is C23H22N4O3S. The lowest BCUT2D eigenvalue weighted by atomic mass is 10.1. The van der Waals surface area contributed by atoms with Gasteiger partial charge in [-0.2, -0.15) is 5.26 Å². The second-order valence-electron chi connectivity index (χ2n) is 7.86. The van der Waals surface area contributed by atoms with Gasteiger partial charge >= 0.3 is 0 Å². The summed E-state index contributed by atoms with van der Waals surface area (Å²) in [5.74, 6) is 0.834. The number of hydrogen-bond donors (Lipinski definition) is 2. The summed E-state index contributed by atoms with van der Waals surface area (Å²) in [5.41, 5.74) is 2.10. The molecule has 2 aromatic rings. The second kappa shape index (κ2) is 8.82. The van der Waals surface area contributed by atoms with E-state index in [1.54, 1.807) is 53.4 Å². The molecule has 2 N–H and O–H groups in total. The van der Waals surface area contributed by atoms with Crippen LogP contribution < -0.4 is 10.6 Å². The molecule has 4 rings (SSSR count). The molecule has 7 nitrogen and oxygen atoms in total. The summed E-state index contributed by atoms with van der Waals surface area (Å²) >= 11 is 1.52. The summed E-state index contributed by atoms with van der Waals surface area (Å²) in [4.78, 5) is 39.7. The first-order valence-electron chi connectivity index (χ1n) is 10.1. The maximum absolute atomic E-state index is 13.1. The third kappa shape index (κ3) is 4.72. The van der Waals surface area contributed by atoms with E-state index in [0.29, 0.717) is 40.0 Å². The van der Waals surface area contributed by atoms with Crippen LogP contribution in [-0.4, -0.2) is 40.3 Å². The van der Waals surface area contributed by atoms with Crippen molar-refractivity contribution in [3.05, 3.63) is 59.7 Å². The Morgan fingerprint density at radius 3 is 2.45 bits per heavy atom. The van der Waals surface area contributed by atoms with Crippen molar-refractivity contribution in [1.82, 2.24) is 4.90 Å². The summed E-state index contributed by atoms with van der Waals surface area (Å²) in [6, 6.07) is 14.9. The molecule has 0 aromatic heterocycles. The zero-order chi connectivity index (χ0) is 22.0. The predicted octanol–water partition coefficient (Wildman–Crippen LogP) is 3.31. The van der Waals surface area contributed by atoms with E-state index in [-0.39, 0.29) is 23.6 Å². The van der Waals surface area contributed by atoms with Gasteiger partial charge in [0.25, 0.3) is 5.91 Å². The van der Waals surface area contributed by atoms with Gasteiger partial charge < -0.3 is 15.5 Å². The zero-order valence-electron chi connectivity index (χ0n) is 17.0. The first-order valence-corrected chi connectivity index (χ1v) is 11.2. The van der Waals surface area contributed by atoms with E-state index in [2.05, 4.69) is 10.6 Å². The highest BCUT2D eigenvalue weighted by Gasteiger charge is 2.39. The number of nitrogens with zero attached hydrogens (tertiary/aromatic N) is 2. The smallest absolute Gasteiger partial charge is 0.255 e. The fourth-order valence-electron chi connectivity index (χ4n) is 3.53. The lowest BCUT2D eigenvalue weighted by Gasteiger charge is -2.23. The van der Waals surface area contributed by atoms with E-state index in [9.17, 15) is 14.4 Å². The maximum atomic E-state index is 13.1. The quantitative estimate of drug-likeness (QED) is 0.752. The highest BCUT2D eigenvalue weighted by Crippen LogP contribution is 2.38. The van der Waals surface area contributed by atoms with E-state index < -0.39 is 6.04 Å². The van der Waals surface area contributed by atoms with Crippen LogP contribution in [0.5, 0.6) is 0 Å². The Balaban J connectivity index is 1.43. The molecule has 3 unspecified atom stereocenters. The molecule has 1 saturated carbocycles. The lowest BCUT2D eigenvalue weighted by Crippen LogP contribution is -2.44. The van der Waals surface area contributed by atoms with Gasteiger partial charge in [0, 0.05) is 28.6 Å². The number of carbonyl (C=O) groups is 3. The summed E-state index contributed by atoms with van der Waals surface area (Å²) in [5, 5.41) is 14.6. The molecule has 3 amide bonds. The molecule has 0 radical (unpaired) electrons. The maximum Gasteiger partial charge on any atom is 0.255 e. The van der Waals surface area contributed by atoms with Crippen molar-refractivity contribution in [2.45, 2.75) is 19.4 Å². The number of thioether (sulfide) groups is 1. The molecule has 1 aliphatic carbocycles. The van der Waals surface area contributed by atoms with Crippen LogP contribution in [0.25, 0.3) is 0 Å². The third-order valence-electron chi connectivity index (χ3n) is 5.55. The summed E-state index contributed by atoms with van der Waals surface area (Å²) in [6.45, 7) is 2.04. The molecule has 2 aromatic carbocycles. The Kier molecular flexibility index (Phi) is 5.96. The minimum absolute atomic E-state index is 0.0199. The number of rotatable bonds is 5. The molecule has 2 fully saturated rings. The van der Waals surface area contributed by atoms with Crippen molar-refractivity contribution in [2.75, 3.05) is 22.3 Å². The van der Waals surface area contributed by atoms with Crippen molar-refractivity contribution in [2.24, 2.45) is 11.8 Å². The average molecular weight is 435 g/mol. The van der Waals surface area contributed by atoms with Crippen molar-refractivity contribution >= 4 is 40.9 Å². The number of carbonyl (C=O) groups excluding carboxylic acids is 3. The molecule has 0 bridgehead atoms. The Labute approximate surface area is 184 Å². The molecule has 0 spiro atoms. The molecule has 8 heteroatoms. The largest absolute Gasteiger partial charge is 0.326 e. The third-order valence-corrected chi connectivity index (χ3v) is 6.56. The molecule has 158 valence electrons. The van der Waals surface area contributed by atoms with Crippen LogP contribution in [-0.2, 0) is 9.59 Å². The normalized spacial score (nSPS) is 21.8. The zero-order valence-corrected chi connectivity index (χ0v) is 17.8. The number of nitriles is 1. The monoisotopic (exact) mass is 434 g/mol. The Bertz CT molecular complexity index is 1060. The van der Waals surface area contributed by atoms with Gasteiger partial charge in [-0.1, -0.05) is 13.0 Å². The highest BCUT2D eigenvalue weighted by molar-refractivity contribution is 7.99. The van der Waals surface area contributed by atoms with Crippen molar-refractivity contribution in [3.8, 4) is 6.07 Å². The van der Waals surface area contributed by atoms with E-state index in [1.165, 1.54) is 11.8 Å². The minimum Gasteiger partial charge on any atom is -0.326 e. The average Bonchev–Trinajstić information content (AvgIpc) is 3.31. The Hall–Kier alpha value is -3.31.